The summed E-state index contributed by atoms with van der Waals surface area (Å²) in [6.45, 7) is 13.7. The van der Waals surface area contributed by atoms with Crippen LogP contribution in [-0.2, 0) is 11.3 Å². The van der Waals surface area contributed by atoms with Crippen LogP contribution in [0.3, 0.4) is 0 Å². The maximum Gasteiger partial charge on any atom is 0.410 e. The number of nitrogens with one attached hydrogen (secondary N) is 2. The maximum atomic E-state index is 12.3. The minimum Gasteiger partial charge on any atom is -0.444 e. The lowest BCUT2D eigenvalue weighted by atomic mass is 10.1. The Kier molecular flexibility index (Phi) is 5.78. The van der Waals surface area contributed by atoms with Gasteiger partial charge in [0.2, 0.25) is 0 Å². The molecule has 0 saturated carbocycles. The number of aromatic amines is 1. The third-order valence-corrected chi connectivity index (χ3v) is 2.82. The number of ether oxygens (including phenoxy) is 1. The fourth-order valence-corrected chi connectivity index (χ4v) is 1.82. The molecule has 0 spiro atoms. The van der Waals surface area contributed by atoms with Crippen LogP contribution >= 0.6 is 0 Å². The van der Waals surface area contributed by atoms with Crippen molar-refractivity contribution in [1.82, 2.24) is 20.4 Å². The van der Waals surface area contributed by atoms with E-state index in [1.54, 1.807) is 11.1 Å². The van der Waals surface area contributed by atoms with Crippen molar-refractivity contribution in [2.45, 2.75) is 59.2 Å². The van der Waals surface area contributed by atoms with Gasteiger partial charge in [0, 0.05) is 36.9 Å². The van der Waals surface area contributed by atoms with Crippen LogP contribution in [0.15, 0.2) is 12.4 Å². The van der Waals surface area contributed by atoms with Gasteiger partial charge in [0.1, 0.15) is 5.60 Å². The first kappa shape index (κ1) is 17.5. The van der Waals surface area contributed by atoms with Crippen molar-refractivity contribution in [3.05, 3.63) is 18.0 Å². The molecule has 0 bridgehead atoms. The van der Waals surface area contributed by atoms with E-state index in [0.29, 0.717) is 13.1 Å². The van der Waals surface area contributed by atoms with Crippen LogP contribution in [0.25, 0.3) is 0 Å². The molecular formula is C15H28N4O2. The van der Waals surface area contributed by atoms with Crippen LogP contribution in [0.1, 0.15) is 47.1 Å². The SMILES string of the molecule is CC(C)(C)OC(=O)N(CCNCc1cn[nH]c1)C(C)(C)C. The quantitative estimate of drug-likeness (QED) is 0.819. The number of carbonyl (C=O) groups excluding carboxylic acids is 1. The zero-order valence-corrected chi connectivity index (χ0v) is 14.0. The summed E-state index contributed by atoms with van der Waals surface area (Å²) in [7, 11) is 0. The van der Waals surface area contributed by atoms with E-state index in [2.05, 4.69) is 15.5 Å². The van der Waals surface area contributed by atoms with E-state index in [0.717, 1.165) is 12.1 Å². The lowest BCUT2D eigenvalue weighted by molar-refractivity contribution is 0.00663. The number of aromatic nitrogens is 2. The van der Waals surface area contributed by atoms with E-state index < -0.39 is 5.60 Å². The van der Waals surface area contributed by atoms with Crippen molar-refractivity contribution in [2.24, 2.45) is 0 Å². The van der Waals surface area contributed by atoms with E-state index in [1.165, 1.54) is 0 Å². The highest BCUT2D eigenvalue weighted by molar-refractivity contribution is 5.69. The van der Waals surface area contributed by atoms with Crippen LogP contribution in [0.5, 0.6) is 0 Å². The van der Waals surface area contributed by atoms with E-state index in [-0.39, 0.29) is 11.6 Å². The second-order valence-electron chi connectivity index (χ2n) is 7.09. The van der Waals surface area contributed by atoms with Gasteiger partial charge >= 0.3 is 6.09 Å². The highest BCUT2D eigenvalue weighted by Crippen LogP contribution is 2.17. The van der Waals surface area contributed by atoms with Gasteiger partial charge in [-0.15, -0.1) is 0 Å². The van der Waals surface area contributed by atoms with Crippen LogP contribution in [0.4, 0.5) is 4.79 Å². The molecule has 1 aromatic heterocycles. The average Bonchev–Trinajstić information content (AvgIpc) is 2.77. The summed E-state index contributed by atoms with van der Waals surface area (Å²) in [5.41, 5.74) is 0.333. The monoisotopic (exact) mass is 296 g/mol. The van der Waals surface area contributed by atoms with Crippen LogP contribution in [-0.4, -0.2) is 45.4 Å². The molecule has 0 unspecified atom stereocenters. The van der Waals surface area contributed by atoms with Gasteiger partial charge < -0.3 is 15.0 Å². The first-order valence-corrected chi connectivity index (χ1v) is 7.28. The van der Waals surface area contributed by atoms with Gasteiger partial charge in [-0.2, -0.15) is 5.10 Å². The molecule has 6 nitrogen and oxygen atoms in total. The molecule has 0 saturated heterocycles. The van der Waals surface area contributed by atoms with Gasteiger partial charge in [0.25, 0.3) is 0 Å². The molecule has 1 rings (SSSR count). The van der Waals surface area contributed by atoms with Crippen molar-refractivity contribution >= 4 is 6.09 Å². The van der Waals surface area contributed by atoms with Crippen molar-refractivity contribution in [3.8, 4) is 0 Å². The lowest BCUT2D eigenvalue weighted by Crippen LogP contribution is -2.50. The Morgan fingerprint density at radius 3 is 2.48 bits per heavy atom. The Morgan fingerprint density at radius 1 is 1.33 bits per heavy atom. The van der Waals surface area contributed by atoms with Crippen molar-refractivity contribution in [2.75, 3.05) is 13.1 Å². The number of hydrogen-bond donors (Lipinski definition) is 2. The van der Waals surface area contributed by atoms with Crippen molar-refractivity contribution in [1.29, 1.82) is 0 Å². The van der Waals surface area contributed by atoms with E-state index in [9.17, 15) is 4.79 Å². The highest BCUT2D eigenvalue weighted by atomic mass is 16.6. The van der Waals surface area contributed by atoms with Gasteiger partial charge in [0.15, 0.2) is 0 Å². The molecule has 1 aromatic rings. The Morgan fingerprint density at radius 2 is 2.00 bits per heavy atom. The number of carbonyl (C=O) groups is 1. The predicted octanol–water partition coefficient (Wildman–Crippen LogP) is 2.53. The molecule has 0 atom stereocenters. The molecule has 120 valence electrons. The van der Waals surface area contributed by atoms with Gasteiger partial charge in [-0.3, -0.25) is 5.10 Å². The van der Waals surface area contributed by atoms with E-state index in [4.69, 9.17) is 4.74 Å². The largest absolute Gasteiger partial charge is 0.444 e. The second-order valence-corrected chi connectivity index (χ2v) is 7.09. The molecule has 0 aliphatic heterocycles. The topological polar surface area (TPSA) is 70.2 Å². The number of amides is 1. The van der Waals surface area contributed by atoms with Gasteiger partial charge in [-0.05, 0) is 41.5 Å². The predicted molar refractivity (Wildman–Crippen MR) is 83.0 cm³/mol. The second kappa shape index (κ2) is 6.93. The van der Waals surface area contributed by atoms with E-state index >= 15 is 0 Å². The normalized spacial score (nSPS) is 12.3. The molecule has 0 aliphatic rings. The summed E-state index contributed by atoms with van der Waals surface area (Å²) in [6, 6.07) is 0. The fraction of sp³-hybridized carbons (Fsp3) is 0.733. The number of nitrogens with zero attached hydrogens (tertiary/aromatic N) is 2. The molecule has 0 aromatic carbocycles. The third kappa shape index (κ3) is 6.62. The number of hydrogen-bond acceptors (Lipinski definition) is 4. The summed E-state index contributed by atoms with van der Waals surface area (Å²) < 4.78 is 5.47. The molecule has 6 heteroatoms. The lowest BCUT2D eigenvalue weighted by Gasteiger charge is -2.36. The summed E-state index contributed by atoms with van der Waals surface area (Å²) in [4.78, 5) is 14.0. The Bertz CT molecular complexity index is 430. The Labute approximate surface area is 127 Å². The summed E-state index contributed by atoms with van der Waals surface area (Å²) in [5.74, 6) is 0. The molecular weight excluding hydrogens is 268 g/mol. The van der Waals surface area contributed by atoms with Gasteiger partial charge in [-0.1, -0.05) is 0 Å². The standard InChI is InChI=1S/C15H28N4O2/c1-14(2,3)19(13(20)21-15(4,5)6)8-7-16-9-12-10-17-18-11-12/h10-11,16H,7-9H2,1-6H3,(H,17,18). The fourth-order valence-electron chi connectivity index (χ4n) is 1.82. The number of rotatable bonds is 5. The third-order valence-electron chi connectivity index (χ3n) is 2.82. The smallest absolute Gasteiger partial charge is 0.410 e. The Hall–Kier alpha value is -1.56. The molecule has 21 heavy (non-hydrogen) atoms. The minimum atomic E-state index is -0.481. The minimum absolute atomic E-state index is 0.278. The highest BCUT2D eigenvalue weighted by Gasteiger charge is 2.30. The molecule has 0 aliphatic carbocycles. The number of H-pyrrole nitrogens is 1. The Balaban J connectivity index is 2.49. The van der Waals surface area contributed by atoms with Crippen molar-refractivity contribution < 1.29 is 9.53 Å². The maximum absolute atomic E-state index is 12.3. The summed E-state index contributed by atoms with van der Waals surface area (Å²) >= 11 is 0. The van der Waals surface area contributed by atoms with Crippen LogP contribution in [0.2, 0.25) is 0 Å². The molecule has 0 fully saturated rings. The molecule has 1 heterocycles. The van der Waals surface area contributed by atoms with E-state index in [1.807, 2.05) is 47.7 Å². The van der Waals surface area contributed by atoms with Gasteiger partial charge in [0.05, 0.1) is 6.20 Å². The van der Waals surface area contributed by atoms with Gasteiger partial charge in [-0.25, -0.2) is 4.79 Å². The summed E-state index contributed by atoms with van der Waals surface area (Å²) in [6.07, 6.45) is 3.35. The van der Waals surface area contributed by atoms with Crippen molar-refractivity contribution in [3.63, 3.8) is 0 Å². The molecule has 2 N–H and O–H groups in total. The zero-order chi connectivity index (χ0) is 16.1. The van der Waals surface area contributed by atoms with Crippen LogP contribution < -0.4 is 5.32 Å². The van der Waals surface area contributed by atoms with Crippen LogP contribution in [0, 0.1) is 0 Å². The average molecular weight is 296 g/mol. The first-order chi connectivity index (χ1) is 9.59. The zero-order valence-electron chi connectivity index (χ0n) is 14.0. The molecule has 1 amide bonds. The molecule has 0 radical (unpaired) electrons. The summed E-state index contributed by atoms with van der Waals surface area (Å²) in [5, 5.41) is 9.97. The first-order valence-electron chi connectivity index (χ1n) is 7.28.